The van der Waals surface area contributed by atoms with Gasteiger partial charge in [-0.05, 0) is 0 Å². The number of hydrogen-bond donors (Lipinski definition) is 12. The van der Waals surface area contributed by atoms with E-state index in [1.165, 1.54) is 0 Å². The molecule has 1 aliphatic rings. The maximum Gasteiger partial charge on any atom is 0.394 e. The van der Waals surface area contributed by atoms with Crippen LogP contribution in [-0.2, 0) is 31.2 Å². The first-order valence-electron chi connectivity index (χ1n) is 9.34. The second-order valence-electron chi connectivity index (χ2n) is 5.84. The number of hydrogen-bond acceptors (Lipinski definition) is 12. The van der Waals surface area contributed by atoms with E-state index in [0.29, 0.717) is 0 Å². The van der Waals surface area contributed by atoms with Gasteiger partial charge in [0, 0.05) is 78.5 Å². The molecule has 0 unspecified atom stereocenters. The highest BCUT2D eigenvalue weighted by Crippen LogP contribution is 1.66. The van der Waals surface area contributed by atoms with Crippen LogP contribution in [0, 0.1) is 0 Å². The highest BCUT2D eigenvalue weighted by atomic mass is 32.3. The molecule has 0 spiro atoms. The van der Waals surface area contributed by atoms with E-state index in [2.05, 4.69) is 31.9 Å². The second-order valence-corrected chi connectivity index (χ2v) is 8.53. The normalized spacial score (nSPS) is 18.4. The number of rotatable bonds is 0. The van der Waals surface area contributed by atoms with Crippen LogP contribution >= 0.6 is 0 Å². The Morgan fingerprint density at radius 3 is 0.424 bits per heavy atom. The summed E-state index contributed by atoms with van der Waals surface area (Å²) in [6, 6.07) is 0. The van der Waals surface area contributed by atoms with Gasteiger partial charge in [-0.15, -0.1) is 0 Å². The predicted molar refractivity (Wildman–Crippen MR) is 120 cm³/mol. The Morgan fingerprint density at radius 2 is 0.364 bits per heavy atom. The highest BCUT2D eigenvalue weighted by molar-refractivity contribution is 7.80. The molecule has 0 amide bonds. The summed E-state index contributed by atoms with van der Waals surface area (Å²) in [4.78, 5) is 0. The van der Waals surface area contributed by atoms with Crippen molar-refractivity contribution >= 4 is 31.2 Å². The minimum absolute atomic E-state index is 1.04. The Balaban J connectivity index is -0.000000489. The van der Waals surface area contributed by atoms with Gasteiger partial charge in [0.2, 0.25) is 0 Å². The van der Waals surface area contributed by atoms with Crippen LogP contribution in [0.15, 0.2) is 0 Å². The second kappa shape index (κ2) is 23.1. The first-order chi connectivity index (χ1) is 15.0. The van der Waals surface area contributed by atoms with Crippen molar-refractivity contribution < 1.29 is 52.6 Å². The van der Waals surface area contributed by atoms with E-state index < -0.39 is 31.2 Å². The topological polar surface area (TPSA) is 296 Å². The molecule has 1 rings (SSSR count). The lowest BCUT2D eigenvalue weighted by Crippen LogP contribution is -2.39. The van der Waals surface area contributed by atoms with Crippen LogP contribution in [0.3, 0.4) is 0 Å². The minimum Gasteiger partial charge on any atom is -0.314 e. The molecule has 21 heteroatoms. The fourth-order valence-corrected chi connectivity index (χ4v) is 1.81. The average Bonchev–Trinajstić information content (AvgIpc) is 2.58. The zero-order valence-electron chi connectivity index (χ0n) is 17.8. The van der Waals surface area contributed by atoms with E-state index in [9.17, 15) is 0 Å². The lowest BCUT2D eigenvalue weighted by atomic mass is 10.4. The summed E-state index contributed by atoms with van der Waals surface area (Å²) < 4.78 is 94.8. The molecule has 0 aromatic heterocycles. The van der Waals surface area contributed by atoms with Crippen molar-refractivity contribution in [1.82, 2.24) is 31.9 Å². The monoisotopic (exact) mass is 552 g/mol. The summed E-state index contributed by atoms with van der Waals surface area (Å²) in [5.74, 6) is 0. The van der Waals surface area contributed by atoms with E-state index in [-0.39, 0.29) is 0 Å². The predicted octanol–water partition coefficient (Wildman–Crippen LogP) is -4.42. The molecule has 0 radical (unpaired) electrons. The Morgan fingerprint density at radius 1 is 0.303 bits per heavy atom. The van der Waals surface area contributed by atoms with Gasteiger partial charge in [-0.3, -0.25) is 27.3 Å². The Hall–Kier alpha value is -0.630. The fraction of sp³-hybridized carbons (Fsp3) is 1.00. The first-order valence-corrected chi connectivity index (χ1v) is 13.5. The van der Waals surface area contributed by atoms with Crippen molar-refractivity contribution in [1.29, 1.82) is 0 Å². The van der Waals surface area contributed by atoms with Crippen LogP contribution in [0.25, 0.3) is 0 Å². The molecule has 204 valence electrons. The van der Waals surface area contributed by atoms with Crippen LogP contribution in [0.5, 0.6) is 0 Å². The lowest BCUT2D eigenvalue weighted by Gasteiger charge is -2.11. The zero-order valence-corrected chi connectivity index (χ0v) is 20.3. The molecule has 0 saturated carbocycles. The third-order valence-corrected chi connectivity index (χ3v) is 2.87. The maximum atomic E-state index is 8.74. The largest absolute Gasteiger partial charge is 0.394 e. The molecule has 0 aromatic rings. The molecule has 0 aliphatic carbocycles. The van der Waals surface area contributed by atoms with Crippen LogP contribution in [0.2, 0.25) is 0 Å². The van der Waals surface area contributed by atoms with Crippen molar-refractivity contribution in [3.63, 3.8) is 0 Å². The van der Waals surface area contributed by atoms with Crippen molar-refractivity contribution in [2.75, 3.05) is 78.5 Å². The smallest absolute Gasteiger partial charge is 0.314 e. The van der Waals surface area contributed by atoms with Crippen LogP contribution < -0.4 is 31.9 Å². The summed E-state index contributed by atoms with van der Waals surface area (Å²) in [6.45, 7) is 12.5. The highest BCUT2D eigenvalue weighted by Gasteiger charge is 1.93. The van der Waals surface area contributed by atoms with Crippen LogP contribution in [0.1, 0.15) is 0 Å². The van der Waals surface area contributed by atoms with Crippen molar-refractivity contribution in [3.05, 3.63) is 0 Å². The molecule has 18 nitrogen and oxygen atoms in total. The molecule has 33 heavy (non-hydrogen) atoms. The molecule has 1 heterocycles. The molecule has 1 saturated heterocycles. The van der Waals surface area contributed by atoms with Gasteiger partial charge in [0.25, 0.3) is 0 Å². The molecule has 0 bridgehead atoms. The van der Waals surface area contributed by atoms with Gasteiger partial charge in [-0.2, -0.15) is 25.3 Å². The quantitative estimate of drug-likeness (QED) is 0.126. The van der Waals surface area contributed by atoms with E-state index in [4.69, 9.17) is 52.6 Å². The van der Waals surface area contributed by atoms with Crippen molar-refractivity contribution in [2.45, 2.75) is 0 Å². The van der Waals surface area contributed by atoms with E-state index in [0.717, 1.165) is 78.5 Å². The summed E-state index contributed by atoms with van der Waals surface area (Å²) in [5, 5.41) is 20.5. The van der Waals surface area contributed by atoms with Crippen LogP contribution in [-0.4, -0.2) is 131 Å². The summed E-state index contributed by atoms with van der Waals surface area (Å²) >= 11 is 0. The summed E-state index contributed by atoms with van der Waals surface area (Å²) in [6.07, 6.45) is 0. The average molecular weight is 553 g/mol. The Kier molecular flexibility index (Phi) is 25.9. The number of nitrogens with one attached hydrogen (secondary N) is 6. The van der Waals surface area contributed by atoms with Gasteiger partial charge in [0.1, 0.15) is 0 Å². The summed E-state index contributed by atoms with van der Waals surface area (Å²) in [5.41, 5.74) is 0. The fourth-order valence-electron chi connectivity index (χ4n) is 1.81. The van der Waals surface area contributed by atoms with Gasteiger partial charge >= 0.3 is 31.2 Å². The molecule has 0 atom stereocenters. The molecule has 1 fully saturated rings. The van der Waals surface area contributed by atoms with Crippen molar-refractivity contribution in [2.24, 2.45) is 0 Å². The molecular weight excluding hydrogens is 516 g/mol. The van der Waals surface area contributed by atoms with E-state index >= 15 is 0 Å². The standard InChI is InChI=1S/C12H30N6.3H2O4S/c1-2-14-5-6-16-9-10-18-12-11-17-8-7-15-4-3-13-1;3*1-5(2,3)4/h13-18H,1-12H2;3*(H2,1,2,3,4). The van der Waals surface area contributed by atoms with Gasteiger partial charge in [0.15, 0.2) is 0 Å². The van der Waals surface area contributed by atoms with Crippen molar-refractivity contribution in [3.8, 4) is 0 Å². The maximum absolute atomic E-state index is 8.74. The van der Waals surface area contributed by atoms with Gasteiger partial charge in [-0.1, -0.05) is 0 Å². The Labute approximate surface area is 194 Å². The summed E-state index contributed by atoms with van der Waals surface area (Å²) in [7, 11) is -14.0. The molecule has 12 N–H and O–H groups in total. The third-order valence-electron chi connectivity index (χ3n) is 2.87. The minimum atomic E-state index is -4.67. The van der Waals surface area contributed by atoms with Gasteiger partial charge in [0.05, 0.1) is 0 Å². The van der Waals surface area contributed by atoms with E-state index in [1.54, 1.807) is 0 Å². The SMILES string of the molecule is C1CNCCNCCNCCNCCNCCN1.O=S(=O)(O)O.O=S(=O)(O)O.O=S(=O)(O)O. The molecule has 0 aromatic carbocycles. The Bertz CT molecular complexity index is 565. The van der Waals surface area contributed by atoms with Gasteiger partial charge < -0.3 is 31.9 Å². The molecule has 1 aliphatic heterocycles. The van der Waals surface area contributed by atoms with Gasteiger partial charge in [-0.25, -0.2) is 0 Å². The van der Waals surface area contributed by atoms with Crippen LogP contribution in [0.4, 0.5) is 0 Å². The molecular formula is C12H36N6O12S3. The lowest BCUT2D eigenvalue weighted by molar-refractivity contribution is 0.378. The zero-order chi connectivity index (χ0) is 26.2. The van der Waals surface area contributed by atoms with E-state index in [1.807, 2.05) is 0 Å². The third kappa shape index (κ3) is 89.7. The first kappa shape index (κ1) is 36.9.